The largest absolute Gasteiger partial charge is 0.494 e. The molecule has 0 atom stereocenters. The van der Waals surface area contributed by atoms with Gasteiger partial charge in [-0.15, -0.1) is 0 Å². The zero-order valence-electron chi connectivity index (χ0n) is 11.6. The van der Waals surface area contributed by atoms with E-state index >= 15 is 0 Å². The Labute approximate surface area is 109 Å². The van der Waals surface area contributed by atoms with Crippen molar-refractivity contribution in [2.75, 3.05) is 12.6 Å². The summed E-state index contributed by atoms with van der Waals surface area (Å²) in [5.74, 6) is 0. The van der Waals surface area contributed by atoms with Gasteiger partial charge in [-0.25, -0.2) is 0 Å². The topological polar surface area (TPSA) is 39.7 Å². The van der Waals surface area contributed by atoms with Crippen LogP contribution in [0.4, 0.5) is 5.69 Å². The second kappa shape index (κ2) is 4.57. The number of hydrogen-bond acceptors (Lipinski definition) is 4. The molecule has 5 heteroatoms. The first-order valence-corrected chi connectivity index (χ1v) is 6.10. The molecule has 0 unspecified atom stereocenters. The molecule has 0 spiro atoms. The van der Waals surface area contributed by atoms with E-state index < -0.39 is 0 Å². The molecule has 0 saturated carbocycles. The van der Waals surface area contributed by atoms with Crippen LogP contribution in [0, 0.1) is 0 Å². The Balaban J connectivity index is 2.21. The van der Waals surface area contributed by atoms with Crippen molar-refractivity contribution < 1.29 is 14.1 Å². The minimum atomic E-state index is -0.339. The van der Waals surface area contributed by atoms with E-state index in [9.17, 15) is 0 Å². The van der Waals surface area contributed by atoms with Crippen molar-refractivity contribution in [1.82, 2.24) is 0 Å². The highest BCUT2D eigenvalue weighted by molar-refractivity contribution is 6.62. The lowest BCUT2D eigenvalue weighted by molar-refractivity contribution is 0.00578. The number of anilines is 1. The molecule has 98 valence electrons. The molecule has 4 nitrogen and oxygen atoms in total. The molecule has 0 amide bonds. The SMILES string of the molecule is CONc1cccc(B2OC(C)(C)C(C)(C)O2)c1. The molecule has 1 fully saturated rings. The van der Waals surface area contributed by atoms with E-state index in [1.54, 1.807) is 7.11 Å². The molecule has 1 aromatic carbocycles. The van der Waals surface area contributed by atoms with E-state index in [0.29, 0.717) is 0 Å². The van der Waals surface area contributed by atoms with Crippen molar-refractivity contribution >= 4 is 18.3 Å². The van der Waals surface area contributed by atoms with Gasteiger partial charge < -0.3 is 9.31 Å². The zero-order valence-corrected chi connectivity index (χ0v) is 11.6. The Hall–Kier alpha value is -1.04. The Bertz CT molecular complexity index is 418. The number of hydrogen-bond donors (Lipinski definition) is 1. The fourth-order valence-electron chi connectivity index (χ4n) is 1.85. The molecule has 1 aliphatic heterocycles. The molecule has 0 aliphatic carbocycles. The number of rotatable bonds is 3. The first kappa shape index (κ1) is 13.4. The summed E-state index contributed by atoms with van der Waals surface area (Å²) in [4.78, 5) is 4.90. The fraction of sp³-hybridized carbons (Fsp3) is 0.538. The number of benzene rings is 1. The van der Waals surface area contributed by atoms with Crippen LogP contribution in [-0.2, 0) is 14.1 Å². The maximum Gasteiger partial charge on any atom is 0.494 e. The predicted molar refractivity (Wildman–Crippen MR) is 72.8 cm³/mol. The van der Waals surface area contributed by atoms with Gasteiger partial charge in [0, 0.05) is 0 Å². The molecule has 18 heavy (non-hydrogen) atoms. The summed E-state index contributed by atoms with van der Waals surface area (Å²) >= 11 is 0. The third-order valence-electron chi connectivity index (χ3n) is 3.63. The van der Waals surface area contributed by atoms with Crippen LogP contribution in [0.25, 0.3) is 0 Å². The maximum atomic E-state index is 5.99. The Kier molecular flexibility index (Phi) is 3.40. The van der Waals surface area contributed by atoms with Gasteiger partial charge in [-0.1, -0.05) is 12.1 Å². The molecule has 1 heterocycles. The quantitative estimate of drug-likeness (QED) is 0.656. The van der Waals surface area contributed by atoms with Gasteiger partial charge in [0.05, 0.1) is 24.0 Å². The summed E-state index contributed by atoms with van der Waals surface area (Å²) in [5, 5.41) is 0. The van der Waals surface area contributed by atoms with E-state index in [-0.39, 0.29) is 18.3 Å². The lowest BCUT2D eigenvalue weighted by Gasteiger charge is -2.32. The van der Waals surface area contributed by atoms with Crippen molar-refractivity contribution in [3.05, 3.63) is 24.3 Å². The minimum Gasteiger partial charge on any atom is -0.399 e. The van der Waals surface area contributed by atoms with Crippen LogP contribution in [0.15, 0.2) is 24.3 Å². The van der Waals surface area contributed by atoms with Crippen LogP contribution in [-0.4, -0.2) is 25.4 Å². The standard InChI is InChI=1S/C13H20BNO3/c1-12(2)13(3,4)18-14(17-12)10-7-6-8-11(9-10)15-16-5/h6-9,15H,1-5H3. The van der Waals surface area contributed by atoms with Gasteiger partial charge in [-0.05, 0) is 45.3 Å². The average Bonchev–Trinajstić information content (AvgIpc) is 2.49. The van der Waals surface area contributed by atoms with E-state index in [0.717, 1.165) is 11.2 Å². The summed E-state index contributed by atoms with van der Waals surface area (Å²) in [6, 6.07) is 7.83. The molecule has 1 aliphatic rings. The lowest BCUT2D eigenvalue weighted by atomic mass is 9.79. The highest BCUT2D eigenvalue weighted by Crippen LogP contribution is 2.36. The molecular formula is C13H20BNO3. The van der Waals surface area contributed by atoms with Gasteiger partial charge in [0.1, 0.15) is 0 Å². The van der Waals surface area contributed by atoms with Gasteiger partial charge in [0.15, 0.2) is 0 Å². The predicted octanol–water partition coefficient (Wildman–Crippen LogP) is 1.96. The molecule has 0 aromatic heterocycles. The van der Waals surface area contributed by atoms with E-state index in [1.807, 2.05) is 52.0 Å². The fourth-order valence-corrected chi connectivity index (χ4v) is 1.85. The summed E-state index contributed by atoms with van der Waals surface area (Å²) in [6.45, 7) is 8.18. The minimum absolute atomic E-state index is 0.317. The van der Waals surface area contributed by atoms with Gasteiger partial charge in [-0.2, -0.15) is 0 Å². The summed E-state index contributed by atoms with van der Waals surface area (Å²) < 4.78 is 12.0. The summed E-state index contributed by atoms with van der Waals surface area (Å²) in [5.41, 5.74) is 4.03. The van der Waals surface area contributed by atoms with Crippen LogP contribution >= 0.6 is 0 Å². The highest BCUT2D eigenvalue weighted by atomic mass is 16.7. The van der Waals surface area contributed by atoms with Crippen molar-refractivity contribution in [1.29, 1.82) is 0 Å². The van der Waals surface area contributed by atoms with Crippen molar-refractivity contribution in [3.8, 4) is 0 Å². The van der Waals surface area contributed by atoms with Crippen LogP contribution in [0.5, 0.6) is 0 Å². The van der Waals surface area contributed by atoms with Gasteiger partial charge in [-0.3, -0.25) is 10.3 Å². The number of nitrogens with one attached hydrogen (secondary N) is 1. The van der Waals surface area contributed by atoms with Crippen LogP contribution in [0.2, 0.25) is 0 Å². The smallest absolute Gasteiger partial charge is 0.399 e. The van der Waals surface area contributed by atoms with Crippen LogP contribution in [0.3, 0.4) is 0 Å². The lowest BCUT2D eigenvalue weighted by Crippen LogP contribution is -2.41. The normalized spacial score (nSPS) is 21.1. The second-order valence-corrected chi connectivity index (χ2v) is 5.52. The molecule has 1 N–H and O–H groups in total. The first-order valence-electron chi connectivity index (χ1n) is 6.10. The second-order valence-electron chi connectivity index (χ2n) is 5.52. The first-order chi connectivity index (χ1) is 8.36. The molecule has 0 bridgehead atoms. The summed E-state index contributed by atoms with van der Waals surface area (Å²) in [6.07, 6.45) is 0. The molecule has 1 aromatic rings. The van der Waals surface area contributed by atoms with Gasteiger partial charge in [0.25, 0.3) is 0 Å². The third-order valence-corrected chi connectivity index (χ3v) is 3.63. The monoisotopic (exact) mass is 249 g/mol. The van der Waals surface area contributed by atoms with Crippen LogP contribution in [0.1, 0.15) is 27.7 Å². The van der Waals surface area contributed by atoms with E-state index in [2.05, 4.69) is 5.48 Å². The van der Waals surface area contributed by atoms with Crippen LogP contribution < -0.4 is 10.9 Å². The Morgan fingerprint density at radius 1 is 1.11 bits per heavy atom. The molecule has 0 radical (unpaired) electrons. The van der Waals surface area contributed by atoms with E-state index in [1.165, 1.54) is 0 Å². The Morgan fingerprint density at radius 2 is 1.72 bits per heavy atom. The molecule has 2 rings (SSSR count). The zero-order chi connectivity index (χ0) is 13.4. The van der Waals surface area contributed by atoms with Gasteiger partial charge >= 0.3 is 7.12 Å². The highest BCUT2D eigenvalue weighted by Gasteiger charge is 2.51. The Morgan fingerprint density at radius 3 is 2.28 bits per heavy atom. The van der Waals surface area contributed by atoms with Crippen molar-refractivity contribution in [2.45, 2.75) is 38.9 Å². The van der Waals surface area contributed by atoms with Crippen molar-refractivity contribution in [3.63, 3.8) is 0 Å². The van der Waals surface area contributed by atoms with Crippen molar-refractivity contribution in [2.24, 2.45) is 0 Å². The van der Waals surface area contributed by atoms with Gasteiger partial charge in [0.2, 0.25) is 0 Å². The maximum absolute atomic E-state index is 5.99. The third kappa shape index (κ3) is 2.39. The molecular weight excluding hydrogens is 229 g/mol. The molecule has 1 saturated heterocycles. The summed E-state index contributed by atoms with van der Waals surface area (Å²) in [7, 11) is 1.25. The van der Waals surface area contributed by atoms with E-state index in [4.69, 9.17) is 14.1 Å². The average molecular weight is 249 g/mol.